The molecule has 0 spiro atoms. The number of carbonyl (C=O) groups excluding carboxylic acids is 1. The summed E-state index contributed by atoms with van der Waals surface area (Å²) in [5, 5.41) is 0. The highest BCUT2D eigenvalue weighted by Gasteiger charge is 2.40. The molecule has 0 atom stereocenters. The van der Waals surface area contributed by atoms with Gasteiger partial charge < -0.3 is 4.90 Å². The Morgan fingerprint density at radius 1 is 1.70 bits per heavy atom. The molecular weight excluding hydrogens is 133 g/mol. The van der Waals surface area contributed by atoms with Crippen LogP contribution in [0.1, 0.15) is 20.3 Å². The lowest BCUT2D eigenvalue weighted by Gasteiger charge is -2.42. The van der Waals surface area contributed by atoms with Gasteiger partial charge in [-0.25, -0.2) is 4.39 Å². The van der Waals surface area contributed by atoms with Gasteiger partial charge in [0.1, 0.15) is 5.67 Å². The molecule has 0 N–H and O–H groups in total. The second-order valence-corrected chi connectivity index (χ2v) is 3.02. The van der Waals surface area contributed by atoms with Crippen LogP contribution in [0.15, 0.2) is 0 Å². The van der Waals surface area contributed by atoms with Gasteiger partial charge in [-0.05, 0) is 6.92 Å². The van der Waals surface area contributed by atoms with E-state index in [1.807, 2.05) is 0 Å². The van der Waals surface area contributed by atoms with E-state index in [0.717, 1.165) is 0 Å². The summed E-state index contributed by atoms with van der Waals surface area (Å²) in [4.78, 5) is 12.4. The van der Waals surface area contributed by atoms with Crippen molar-refractivity contribution in [3.05, 3.63) is 0 Å². The van der Waals surface area contributed by atoms with Crippen LogP contribution in [0.4, 0.5) is 4.39 Å². The summed E-state index contributed by atoms with van der Waals surface area (Å²) in [5.74, 6) is 0.0510. The molecule has 1 aliphatic heterocycles. The minimum Gasteiger partial charge on any atom is -0.336 e. The van der Waals surface area contributed by atoms with Gasteiger partial charge in [0.05, 0.1) is 13.1 Å². The number of likely N-dealkylation sites (tertiary alicyclic amines) is 1. The Labute approximate surface area is 60.0 Å². The lowest BCUT2D eigenvalue weighted by molar-refractivity contribution is -0.143. The molecule has 0 aromatic heterocycles. The van der Waals surface area contributed by atoms with Gasteiger partial charge in [-0.2, -0.15) is 0 Å². The first kappa shape index (κ1) is 7.51. The maximum atomic E-state index is 12.8. The fourth-order valence-corrected chi connectivity index (χ4v) is 1.15. The van der Waals surface area contributed by atoms with E-state index in [2.05, 4.69) is 0 Å². The molecule has 0 saturated carbocycles. The number of halogens is 1. The number of alkyl halides is 1. The predicted octanol–water partition coefficient (Wildman–Crippen LogP) is 0.967. The molecule has 0 aromatic rings. The minimum absolute atomic E-state index is 0.0510. The topological polar surface area (TPSA) is 20.3 Å². The van der Waals surface area contributed by atoms with E-state index >= 15 is 0 Å². The van der Waals surface area contributed by atoms with E-state index in [1.54, 1.807) is 11.8 Å². The van der Waals surface area contributed by atoms with Crippen molar-refractivity contribution in [2.45, 2.75) is 25.9 Å². The van der Waals surface area contributed by atoms with Crippen molar-refractivity contribution in [2.75, 3.05) is 13.1 Å². The molecule has 3 heteroatoms. The van der Waals surface area contributed by atoms with E-state index in [0.29, 0.717) is 6.42 Å². The van der Waals surface area contributed by atoms with Crippen molar-refractivity contribution in [1.82, 2.24) is 4.90 Å². The molecule has 58 valence electrons. The standard InChI is InChI=1S/C7H12FNO/c1-3-6(10)9-4-7(2,8)5-9/h3-5H2,1-2H3. The van der Waals surface area contributed by atoms with Crippen LogP contribution in [0.2, 0.25) is 0 Å². The van der Waals surface area contributed by atoms with E-state index < -0.39 is 5.67 Å². The lowest BCUT2D eigenvalue weighted by Crippen LogP contribution is -2.59. The number of nitrogens with zero attached hydrogens (tertiary/aromatic N) is 1. The summed E-state index contributed by atoms with van der Waals surface area (Å²) in [5.41, 5.74) is -1.12. The molecule has 1 heterocycles. The van der Waals surface area contributed by atoms with E-state index in [1.165, 1.54) is 6.92 Å². The zero-order chi connectivity index (χ0) is 7.78. The molecule has 1 fully saturated rings. The molecule has 2 nitrogen and oxygen atoms in total. The zero-order valence-corrected chi connectivity index (χ0v) is 6.35. The average molecular weight is 145 g/mol. The summed E-state index contributed by atoms with van der Waals surface area (Å²) in [6.07, 6.45) is 0.482. The van der Waals surface area contributed by atoms with Gasteiger partial charge in [0.15, 0.2) is 0 Å². The van der Waals surface area contributed by atoms with Crippen LogP contribution in [0.3, 0.4) is 0 Å². The first-order valence-electron chi connectivity index (χ1n) is 3.52. The van der Waals surface area contributed by atoms with Gasteiger partial charge in [-0.3, -0.25) is 4.79 Å². The molecular formula is C7H12FNO. The number of hydrogen-bond acceptors (Lipinski definition) is 1. The quantitative estimate of drug-likeness (QED) is 0.538. The van der Waals surface area contributed by atoms with E-state index in [-0.39, 0.29) is 19.0 Å². The fraction of sp³-hybridized carbons (Fsp3) is 0.857. The van der Waals surface area contributed by atoms with Gasteiger partial charge >= 0.3 is 0 Å². The highest BCUT2D eigenvalue weighted by atomic mass is 19.1. The highest BCUT2D eigenvalue weighted by molar-refractivity contribution is 5.77. The summed E-state index contributed by atoms with van der Waals surface area (Å²) >= 11 is 0. The molecule has 1 aliphatic rings. The Hall–Kier alpha value is -0.600. The molecule has 10 heavy (non-hydrogen) atoms. The van der Waals surface area contributed by atoms with Crippen LogP contribution in [0.25, 0.3) is 0 Å². The first-order valence-corrected chi connectivity index (χ1v) is 3.52. The third kappa shape index (κ3) is 1.28. The van der Waals surface area contributed by atoms with Gasteiger partial charge in [0.25, 0.3) is 0 Å². The van der Waals surface area contributed by atoms with Crippen molar-refractivity contribution in [1.29, 1.82) is 0 Å². The van der Waals surface area contributed by atoms with Crippen LogP contribution in [-0.2, 0) is 4.79 Å². The molecule has 1 rings (SSSR count). The monoisotopic (exact) mass is 145 g/mol. The second kappa shape index (κ2) is 2.22. The Balaban J connectivity index is 2.33. The maximum absolute atomic E-state index is 12.8. The summed E-state index contributed by atoms with van der Waals surface area (Å²) in [7, 11) is 0. The van der Waals surface area contributed by atoms with Crippen molar-refractivity contribution in [3.63, 3.8) is 0 Å². The molecule has 0 aromatic carbocycles. The van der Waals surface area contributed by atoms with Crippen LogP contribution in [0, 0.1) is 0 Å². The molecule has 1 saturated heterocycles. The number of carbonyl (C=O) groups is 1. The second-order valence-electron chi connectivity index (χ2n) is 3.02. The smallest absolute Gasteiger partial charge is 0.222 e. The predicted molar refractivity (Wildman–Crippen MR) is 36.4 cm³/mol. The Morgan fingerprint density at radius 2 is 2.20 bits per heavy atom. The highest BCUT2D eigenvalue weighted by Crippen LogP contribution is 2.24. The van der Waals surface area contributed by atoms with Crippen LogP contribution in [-0.4, -0.2) is 29.6 Å². The summed E-state index contributed by atoms with van der Waals surface area (Å²) in [6, 6.07) is 0. The number of rotatable bonds is 1. The van der Waals surface area contributed by atoms with Crippen LogP contribution >= 0.6 is 0 Å². The normalized spacial score (nSPS) is 22.1. The Morgan fingerprint density at radius 3 is 2.50 bits per heavy atom. The van der Waals surface area contributed by atoms with Crippen LogP contribution in [0.5, 0.6) is 0 Å². The fourth-order valence-electron chi connectivity index (χ4n) is 1.15. The van der Waals surface area contributed by atoms with Crippen LogP contribution < -0.4 is 0 Å². The molecule has 0 bridgehead atoms. The van der Waals surface area contributed by atoms with Gasteiger partial charge in [0, 0.05) is 6.42 Å². The van der Waals surface area contributed by atoms with E-state index in [4.69, 9.17) is 0 Å². The average Bonchev–Trinajstić information content (AvgIpc) is 1.81. The van der Waals surface area contributed by atoms with Gasteiger partial charge in [-0.1, -0.05) is 6.92 Å². The maximum Gasteiger partial charge on any atom is 0.222 e. The molecule has 0 aliphatic carbocycles. The van der Waals surface area contributed by atoms with Crippen molar-refractivity contribution < 1.29 is 9.18 Å². The zero-order valence-electron chi connectivity index (χ0n) is 6.35. The van der Waals surface area contributed by atoms with Gasteiger partial charge in [-0.15, -0.1) is 0 Å². The van der Waals surface area contributed by atoms with Crippen molar-refractivity contribution in [2.24, 2.45) is 0 Å². The minimum atomic E-state index is -1.12. The van der Waals surface area contributed by atoms with Crippen molar-refractivity contribution in [3.8, 4) is 0 Å². The first-order chi connectivity index (χ1) is 4.55. The Bertz CT molecular complexity index is 148. The van der Waals surface area contributed by atoms with Crippen molar-refractivity contribution >= 4 is 5.91 Å². The summed E-state index contributed by atoms with van der Waals surface area (Å²) in [6.45, 7) is 3.86. The number of amides is 1. The summed E-state index contributed by atoms with van der Waals surface area (Å²) < 4.78 is 12.8. The van der Waals surface area contributed by atoms with E-state index in [9.17, 15) is 9.18 Å². The lowest BCUT2D eigenvalue weighted by atomic mass is 9.99. The number of hydrogen-bond donors (Lipinski definition) is 0. The molecule has 1 amide bonds. The van der Waals surface area contributed by atoms with Gasteiger partial charge in [0.2, 0.25) is 5.91 Å². The Kier molecular flexibility index (Phi) is 1.67. The largest absolute Gasteiger partial charge is 0.336 e. The third-order valence-corrected chi connectivity index (χ3v) is 1.70. The third-order valence-electron chi connectivity index (χ3n) is 1.70. The molecule has 0 unspecified atom stereocenters. The SMILES string of the molecule is CCC(=O)N1CC(C)(F)C1. The molecule has 0 radical (unpaired) electrons.